The Balaban J connectivity index is -0.000000290. The predicted molar refractivity (Wildman–Crippen MR) is 329 cm³/mol. The number of carbonyl (C=O) groups excluding carboxylic acids is 6. The third-order valence-corrected chi connectivity index (χ3v) is 12.4. The first-order chi connectivity index (χ1) is 40.4. The summed E-state index contributed by atoms with van der Waals surface area (Å²) >= 11 is 1.07. The summed E-state index contributed by atoms with van der Waals surface area (Å²) in [5.41, 5.74) is 10.2. The minimum atomic E-state index is -3.69. The van der Waals surface area contributed by atoms with Crippen LogP contribution in [0.2, 0.25) is 6.32 Å². The molecule has 0 unspecified atom stereocenters. The van der Waals surface area contributed by atoms with Crippen molar-refractivity contribution in [2.75, 3.05) is 146 Å². The molecule has 38 heteroatoms. The molecule has 2 heterocycles. The number of nitrogens with zero attached hydrogens (tertiary/aromatic N) is 7. The fourth-order valence-electron chi connectivity index (χ4n) is 5.17. The van der Waals surface area contributed by atoms with Crippen molar-refractivity contribution in [3.63, 3.8) is 0 Å². The van der Waals surface area contributed by atoms with E-state index in [1.807, 2.05) is 25.6 Å². The zero-order valence-corrected chi connectivity index (χ0v) is 53.1. The summed E-state index contributed by atoms with van der Waals surface area (Å²) in [6.45, 7) is 22.4. The molecule has 1 aliphatic rings. The average Bonchev–Trinajstić information content (AvgIpc) is 3.78. The number of carboxylic acid groups (broad SMARTS) is 2. The molecular weight excluding hydrogens is 1170 g/mol. The van der Waals surface area contributed by atoms with E-state index in [-0.39, 0.29) is 60.5 Å². The van der Waals surface area contributed by atoms with Crippen LogP contribution in [0.15, 0.2) is 38.4 Å². The second-order valence-corrected chi connectivity index (χ2v) is 19.7. The van der Waals surface area contributed by atoms with E-state index < -0.39 is 27.0 Å². The van der Waals surface area contributed by atoms with Gasteiger partial charge in [-0.15, -0.1) is 11.3 Å². The third kappa shape index (κ3) is 56.4. The Kier molecular flexibility index (Phi) is 62.2. The van der Waals surface area contributed by atoms with Crippen LogP contribution in [0.3, 0.4) is 0 Å². The zero-order chi connectivity index (χ0) is 65.9. The van der Waals surface area contributed by atoms with Gasteiger partial charge in [0.25, 0.3) is 9.05 Å². The first-order valence-corrected chi connectivity index (χ1v) is 30.0. The van der Waals surface area contributed by atoms with E-state index in [1.165, 1.54) is 29.5 Å². The molecule has 2 radical (unpaired) electrons. The third-order valence-electron chi connectivity index (χ3n) is 9.43. The summed E-state index contributed by atoms with van der Waals surface area (Å²) < 4.78 is 36.5. The Morgan fingerprint density at radius 3 is 1.60 bits per heavy atom. The van der Waals surface area contributed by atoms with Crippen LogP contribution >= 0.6 is 22.0 Å². The molecular formula is C47H91B3ClN17O15S2. The van der Waals surface area contributed by atoms with Gasteiger partial charge in [0.2, 0.25) is 4.34 Å². The SMILES string of the molecule is CCN(CC)CC.CCOC(=O)NCCCN.CCOC(=O)NCCCNC.CCOC(=O)NCCCNC.N=BCC(=O)O.O=S(=O)(Cl)c1nc2ccccc2s1.[B]=NCC(=O)N(CCNC)NC(=O)O.[B]=NCC(=O)N1CCN(C)C(=O)N1. The van der Waals surface area contributed by atoms with Crippen LogP contribution in [0.5, 0.6) is 0 Å². The summed E-state index contributed by atoms with van der Waals surface area (Å²) in [6.07, 6.45) is 0.151. The number of aromatic nitrogens is 1. The number of benzene rings is 1. The van der Waals surface area contributed by atoms with Crippen molar-refractivity contribution in [2.45, 2.75) is 71.5 Å². The topological polar surface area (TPSA) is 436 Å². The van der Waals surface area contributed by atoms with Crippen LogP contribution in [0.4, 0.5) is 24.0 Å². The molecule has 0 aliphatic carbocycles. The Morgan fingerprint density at radius 2 is 1.26 bits per heavy atom. The quantitative estimate of drug-likeness (QED) is 0.0199. The number of aliphatic carboxylic acids is 1. The van der Waals surface area contributed by atoms with Gasteiger partial charge in [-0.3, -0.25) is 0 Å². The second-order valence-electron chi connectivity index (χ2n) is 15.9. The number of amides is 8. The number of fused-ring (bicyclic) bond motifs is 1. The normalized spacial score (nSPS) is 10.7. The molecule has 1 aromatic heterocycles. The molecule has 13 N–H and O–H groups in total. The number of nitrogens with one attached hydrogen (secondary N) is 9. The molecule has 482 valence electrons. The summed E-state index contributed by atoms with van der Waals surface area (Å²) in [4.78, 5) is 99.1. The molecule has 8 amide bonds. The Labute approximate surface area is 511 Å². The molecule has 1 fully saturated rings. The molecule has 0 atom stereocenters. The number of hydrazine groups is 2. The fourth-order valence-corrected chi connectivity index (χ4v) is 7.13. The molecule has 0 bridgehead atoms. The van der Waals surface area contributed by atoms with Gasteiger partial charge in [-0.1, -0.05) is 32.9 Å². The van der Waals surface area contributed by atoms with E-state index in [2.05, 4.69) is 92.0 Å². The Hall–Kier alpha value is -6.50. The number of rotatable bonds is 27. The fraction of sp³-hybridized carbons (Fsp3) is 0.681. The second kappa shape index (κ2) is 60.6. The molecule has 1 saturated heterocycles. The number of likely N-dealkylation sites (N-methyl/N-ethyl adjacent to an activating group) is 2. The Morgan fingerprint density at radius 1 is 0.788 bits per heavy atom. The maximum absolute atomic E-state index is 11.2. The van der Waals surface area contributed by atoms with Crippen molar-refractivity contribution in [1.29, 1.82) is 5.31 Å². The van der Waals surface area contributed by atoms with E-state index in [9.17, 15) is 46.8 Å². The molecule has 0 saturated carbocycles. The number of urea groups is 1. The van der Waals surface area contributed by atoms with Crippen molar-refractivity contribution in [3.05, 3.63) is 24.3 Å². The number of carbonyl (C=O) groups is 8. The van der Waals surface area contributed by atoms with Gasteiger partial charge in [-0.2, -0.15) is 0 Å². The van der Waals surface area contributed by atoms with Crippen molar-refractivity contribution in [1.82, 2.24) is 67.6 Å². The van der Waals surface area contributed by atoms with Crippen LogP contribution in [-0.2, 0) is 37.6 Å². The molecule has 3 rings (SSSR count). The van der Waals surface area contributed by atoms with Gasteiger partial charge < -0.3 is 51.4 Å². The van der Waals surface area contributed by atoms with Gasteiger partial charge in [0.05, 0.1) is 30.0 Å². The van der Waals surface area contributed by atoms with Gasteiger partial charge in [0, 0.05) is 30.3 Å². The number of carboxylic acids is 1. The number of nitrogens with two attached hydrogens (primary N) is 1. The van der Waals surface area contributed by atoms with Crippen molar-refractivity contribution < 1.29 is 71.2 Å². The Bertz CT molecular complexity index is 2210. The number of hydrogen-bond donors (Lipinski definition) is 12. The molecule has 85 heavy (non-hydrogen) atoms. The van der Waals surface area contributed by atoms with Gasteiger partial charge in [-0.25, -0.2) is 27.8 Å². The van der Waals surface area contributed by atoms with E-state index in [4.69, 9.17) is 47.2 Å². The van der Waals surface area contributed by atoms with Gasteiger partial charge in [-0.05, 0) is 106 Å². The summed E-state index contributed by atoms with van der Waals surface area (Å²) in [7, 11) is 19.1. The monoisotopic (exact) mass is 1270 g/mol. The molecule has 0 spiro atoms. The van der Waals surface area contributed by atoms with Crippen LogP contribution < -0.4 is 48.5 Å². The predicted octanol–water partition coefficient (Wildman–Crippen LogP) is 1.60. The first-order valence-electron chi connectivity index (χ1n) is 26.8. The summed E-state index contributed by atoms with van der Waals surface area (Å²) in [5, 5.41) is 41.1. The van der Waals surface area contributed by atoms with E-state index in [0.717, 1.165) is 60.5 Å². The molecule has 32 nitrogen and oxygen atoms in total. The number of hydrogen-bond acceptors (Lipinski definition) is 23. The van der Waals surface area contributed by atoms with Gasteiger partial charge in [0.15, 0.2) is 0 Å². The molecule has 1 aromatic carbocycles. The minimum absolute atomic E-state index is 0.0460. The van der Waals surface area contributed by atoms with E-state index in [0.29, 0.717) is 71.2 Å². The van der Waals surface area contributed by atoms with Crippen molar-refractivity contribution >= 4 is 112 Å². The maximum atomic E-state index is 11.2. The standard InChI is InChI=1S/C7H4ClNO2S2.2C7H16N2O2.C6H12BN4O3.C6H10BN4O2.C6H14N2O2.C6H15N.C2H4BNO2/c8-13(10,11)7-9-5-3-1-2-4-6(5)12-7;2*1-3-11-7(10)9-6-4-5-8-2;1-8-2-3-11(10-6(13)14)5(12)4-9-7;1-10-2-3-11(9-6(10)13)5(12)4-8-7;1-2-10-6(9)8-5-3-4-7;1-4-7(5-2)6-3;4-3-1-2(5)6/h1-4H;2*8H,3-6H2,1-2H3,(H,9,10);8,10H,2-4H2,1H3,(H,13,14);2-4H2,1H3,(H,9,13);2-5,7H2,1H3,(H,8,9);4-6H2,1-3H3;4H,1H2,(H,5,6). The van der Waals surface area contributed by atoms with Crippen molar-refractivity contribution in [2.24, 2.45) is 15.5 Å². The number of thiazole rings is 1. The summed E-state index contributed by atoms with van der Waals surface area (Å²) in [5.74, 6) is -1.75. The van der Waals surface area contributed by atoms with Crippen LogP contribution in [0.25, 0.3) is 10.2 Å². The number of halogens is 1. The van der Waals surface area contributed by atoms with E-state index >= 15 is 0 Å². The van der Waals surface area contributed by atoms with E-state index in [1.54, 1.807) is 53.1 Å². The van der Waals surface area contributed by atoms with Gasteiger partial charge >= 0.3 is 211 Å². The van der Waals surface area contributed by atoms with Crippen LogP contribution in [0, 0.1) is 5.31 Å². The molecule has 1 aliphatic heterocycles. The van der Waals surface area contributed by atoms with Crippen molar-refractivity contribution in [3.8, 4) is 0 Å². The summed E-state index contributed by atoms with van der Waals surface area (Å²) in [6, 6.07) is 6.88. The number of ether oxygens (including phenoxy) is 3. The first kappa shape index (κ1) is 87.3. The van der Waals surface area contributed by atoms with Crippen LogP contribution in [-0.4, -0.2) is 260 Å². The molecule has 2 aromatic rings. The number of para-hydroxylation sites is 1. The zero-order valence-electron chi connectivity index (χ0n) is 50.7. The van der Waals surface area contributed by atoms with Crippen LogP contribution in [0.1, 0.15) is 60.8 Å². The van der Waals surface area contributed by atoms with Gasteiger partial charge in [0.1, 0.15) is 0 Å². The number of alkyl carbamates (subject to hydrolysis) is 3. The average molecular weight is 1270 g/mol.